The van der Waals surface area contributed by atoms with Crippen molar-refractivity contribution in [3.63, 3.8) is 0 Å². The summed E-state index contributed by atoms with van der Waals surface area (Å²) in [5.41, 5.74) is 8.01. The fraction of sp³-hybridized carbons (Fsp3) is 0.273. The second kappa shape index (κ2) is 9.42. The number of aliphatic hydroxyl groups is 1. The highest BCUT2D eigenvalue weighted by Gasteiger charge is 2.43. The molecule has 0 spiro atoms. The third kappa shape index (κ3) is 3.89. The van der Waals surface area contributed by atoms with Crippen LogP contribution in [0.25, 0.3) is 43.4 Å². The Morgan fingerprint density at radius 2 is 1.84 bits per heavy atom. The van der Waals surface area contributed by atoms with E-state index in [1.165, 1.54) is 38.4 Å². The van der Waals surface area contributed by atoms with Crippen LogP contribution in [0.1, 0.15) is 43.9 Å². The van der Waals surface area contributed by atoms with E-state index in [0.717, 1.165) is 21.7 Å². The van der Waals surface area contributed by atoms with Gasteiger partial charge in [-0.3, -0.25) is 0 Å². The van der Waals surface area contributed by atoms with Crippen LogP contribution in [0.15, 0.2) is 84.5 Å². The highest BCUT2D eigenvalue weighted by atomic mass is 32.1. The summed E-state index contributed by atoms with van der Waals surface area (Å²) in [5.74, 6) is 0.0152. The third-order valence-corrected chi connectivity index (χ3v) is 8.67. The predicted octanol–water partition coefficient (Wildman–Crippen LogP) is 7.20. The predicted molar refractivity (Wildman–Crippen MR) is 157 cm³/mol. The Morgan fingerprint density at radius 3 is 2.58 bits per heavy atom. The van der Waals surface area contributed by atoms with Crippen LogP contribution in [0.3, 0.4) is 0 Å². The molecule has 1 aliphatic rings. The van der Waals surface area contributed by atoms with Crippen molar-refractivity contribution in [1.82, 2.24) is 4.98 Å². The van der Waals surface area contributed by atoms with Crippen LogP contribution < -0.4 is 4.57 Å². The molecular weight excluding hydrogens is 488 g/mol. The molecule has 5 heteroatoms. The second-order valence-corrected chi connectivity index (χ2v) is 12.1. The van der Waals surface area contributed by atoms with Crippen molar-refractivity contribution in [2.75, 3.05) is 20.3 Å². The van der Waals surface area contributed by atoms with Crippen molar-refractivity contribution in [3.05, 3.63) is 95.6 Å². The molecule has 1 N–H and O–H groups in total. The Bertz CT molecular complexity index is 1700. The highest BCUT2D eigenvalue weighted by Crippen LogP contribution is 2.47. The number of aliphatic hydroxyl groups excluding tert-OH is 1. The number of hydrogen-bond donors (Lipinski definition) is 1. The first-order valence-corrected chi connectivity index (χ1v) is 13.9. The number of thiophene rings is 1. The number of nitrogens with zero attached hydrogens (tertiary/aromatic N) is 2. The number of methoxy groups -OCH3 is 1. The molecule has 0 aliphatic carbocycles. The first kappa shape index (κ1) is 24.9. The van der Waals surface area contributed by atoms with Gasteiger partial charge in [0.15, 0.2) is 12.2 Å². The molecule has 4 nitrogen and oxygen atoms in total. The lowest BCUT2D eigenvalue weighted by Gasteiger charge is -2.34. The lowest BCUT2D eigenvalue weighted by Crippen LogP contribution is -2.49. The standard InChI is InChI=1S/C33H33N2O2S/c1-20(18-36)31-27(19-37-5)30-24-9-7-6-8-23(24)28(33(2,3)4)17-26(30)29-16-21(11-14-35(29)31)22-10-13-34-32-25(22)12-15-38-32/h6-17,27,31,36H,1,18-19H2,2-5H3/q+1. The zero-order valence-electron chi connectivity index (χ0n) is 22.4. The summed E-state index contributed by atoms with van der Waals surface area (Å²) in [4.78, 5) is 5.60. The summed E-state index contributed by atoms with van der Waals surface area (Å²) in [6.07, 6.45) is 4.05. The third-order valence-electron chi connectivity index (χ3n) is 7.85. The maximum Gasteiger partial charge on any atom is 0.213 e. The van der Waals surface area contributed by atoms with Crippen molar-refractivity contribution in [2.24, 2.45) is 0 Å². The number of hydrogen-bond acceptors (Lipinski definition) is 4. The molecule has 0 saturated heterocycles. The monoisotopic (exact) mass is 521 g/mol. The van der Waals surface area contributed by atoms with Crippen molar-refractivity contribution in [1.29, 1.82) is 0 Å². The molecule has 1 aliphatic heterocycles. The average Bonchev–Trinajstić information content (AvgIpc) is 3.40. The average molecular weight is 522 g/mol. The molecule has 0 radical (unpaired) electrons. The van der Waals surface area contributed by atoms with E-state index in [2.05, 4.69) is 103 Å². The van der Waals surface area contributed by atoms with Gasteiger partial charge in [-0.1, -0.05) is 51.6 Å². The Labute approximate surface area is 227 Å². The van der Waals surface area contributed by atoms with E-state index in [1.54, 1.807) is 18.4 Å². The zero-order valence-corrected chi connectivity index (χ0v) is 23.2. The van der Waals surface area contributed by atoms with Crippen LogP contribution in [0, 0.1) is 0 Å². The van der Waals surface area contributed by atoms with Crippen LogP contribution in [0.2, 0.25) is 0 Å². The number of aromatic nitrogens is 2. The van der Waals surface area contributed by atoms with Crippen molar-refractivity contribution >= 4 is 32.3 Å². The van der Waals surface area contributed by atoms with Crippen molar-refractivity contribution in [2.45, 2.75) is 38.1 Å². The quantitative estimate of drug-likeness (QED) is 0.196. The van der Waals surface area contributed by atoms with Gasteiger partial charge in [-0.25, -0.2) is 4.98 Å². The Balaban J connectivity index is 1.71. The molecule has 0 saturated carbocycles. The SMILES string of the molecule is C=C(CO)C1C(COC)c2c(cc(C(C)(C)C)c3ccccc23)-c2cc(-c3ccnc4sccc34)cc[n+]21. The van der Waals surface area contributed by atoms with E-state index in [4.69, 9.17) is 4.74 Å². The molecule has 4 heterocycles. The number of rotatable bonds is 5. The second-order valence-electron chi connectivity index (χ2n) is 11.2. The van der Waals surface area contributed by atoms with Gasteiger partial charge >= 0.3 is 0 Å². The molecule has 2 aromatic carbocycles. The van der Waals surface area contributed by atoms with Gasteiger partial charge in [0.1, 0.15) is 4.83 Å². The summed E-state index contributed by atoms with van der Waals surface area (Å²) >= 11 is 1.66. The van der Waals surface area contributed by atoms with Crippen LogP contribution in [0.5, 0.6) is 0 Å². The van der Waals surface area contributed by atoms with Gasteiger partial charge in [0.2, 0.25) is 5.69 Å². The van der Waals surface area contributed by atoms with Crippen LogP contribution in [-0.2, 0) is 10.2 Å². The lowest BCUT2D eigenvalue weighted by atomic mass is 9.74. The molecule has 3 aromatic heterocycles. The molecule has 6 rings (SSSR count). The fourth-order valence-electron chi connectivity index (χ4n) is 6.18. The summed E-state index contributed by atoms with van der Waals surface area (Å²) in [7, 11) is 1.75. The Morgan fingerprint density at radius 1 is 1.05 bits per heavy atom. The van der Waals surface area contributed by atoms with Crippen molar-refractivity contribution in [3.8, 4) is 22.4 Å². The normalized spacial score (nSPS) is 17.0. The topological polar surface area (TPSA) is 46.2 Å². The number of ether oxygens (including phenoxy) is 1. The van der Waals surface area contributed by atoms with E-state index in [9.17, 15) is 5.11 Å². The molecule has 2 atom stereocenters. The van der Waals surface area contributed by atoms with E-state index in [1.807, 2.05) is 6.20 Å². The maximum atomic E-state index is 10.3. The van der Waals surface area contributed by atoms with Gasteiger partial charge in [-0.05, 0) is 62.0 Å². The fourth-order valence-corrected chi connectivity index (χ4v) is 6.93. The number of benzene rings is 2. The van der Waals surface area contributed by atoms with E-state index in [0.29, 0.717) is 6.61 Å². The van der Waals surface area contributed by atoms with Gasteiger partial charge in [-0.15, -0.1) is 11.3 Å². The van der Waals surface area contributed by atoms with E-state index in [-0.39, 0.29) is 24.0 Å². The summed E-state index contributed by atoms with van der Waals surface area (Å²) in [5, 5.41) is 16.1. The van der Waals surface area contributed by atoms with E-state index >= 15 is 0 Å². The van der Waals surface area contributed by atoms with Crippen molar-refractivity contribution < 1.29 is 14.4 Å². The molecule has 5 aromatic rings. The Hall–Kier alpha value is -3.38. The summed E-state index contributed by atoms with van der Waals surface area (Å²) in [6.45, 7) is 11.6. The highest BCUT2D eigenvalue weighted by molar-refractivity contribution is 7.16. The molecule has 2 unspecified atom stereocenters. The first-order valence-electron chi connectivity index (χ1n) is 13.0. The number of pyridine rings is 2. The summed E-state index contributed by atoms with van der Waals surface area (Å²) in [6, 6.07) is 19.7. The first-order chi connectivity index (χ1) is 18.3. The molecule has 38 heavy (non-hydrogen) atoms. The Kier molecular flexibility index (Phi) is 6.18. The van der Waals surface area contributed by atoms with Gasteiger partial charge in [-0.2, -0.15) is 4.57 Å². The number of fused-ring (bicyclic) bond motifs is 6. The van der Waals surface area contributed by atoms with Crippen LogP contribution in [0.4, 0.5) is 0 Å². The molecule has 0 bridgehead atoms. The zero-order chi connectivity index (χ0) is 26.6. The minimum Gasteiger partial charge on any atom is -0.392 e. The smallest absolute Gasteiger partial charge is 0.213 e. The minimum atomic E-state index is -0.126. The van der Waals surface area contributed by atoms with Crippen LogP contribution >= 0.6 is 11.3 Å². The summed E-state index contributed by atoms with van der Waals surface area (Å²) < 4.78 is 8.11. The largest absolute Gasteiger partial charge is 0.392 e. The lowest BCUT2D eigenvalue weighted by molar-refractivity contribution is -0.709. The van der Waals surface area contributed by atoms with Gasteiger partial charge in [0.25, 0.3) is 0 Å². The van der Waals surface area contributed by atoms with Gasteiger partial charge in [0, 0.05) is 36.4 Å². The van der Waals surface area contributed by atoms with E-state index < -0.39 is 0 Å². The molecule has 0 fully saturated rings. The minimum absolute atomic E-state index is 0.0152. The van der Waals surface area contributed by atoms with Gasteiger partial charge in [0.05, 0.1) is 24.7 Å². The van der Waals surface area contributed by atoms with Crippen LogP contribution in [-0.4, -0.2) is 30.4 Å². The maximum absolute atomic E-state index is 10.3. The van der Waals surface area contributed by atoms with Gasteiger partial charge < -0.3 is 9.84 Å². The molecular formula is C33H33N2O2S+. The molecule has 192 valence electrons. The molecule has 0 amide bonds.